The molecule has 0 bridgehead atoms. The highest BCUT2D eigenvalue weighted by Crippen LogP contribution is 2.31. The molecule has 0 aliphatic carbocycles. The summed E-state index contributed by atoms with van der Waals surface area (Å²) in [4.78, 5) is 4.65. The van der Waals surface area contributed by atoms with Gasteiger partial charge in [0.25, 0.3) is 0 Å². The average Bonchev–Trinajstić information content (AvgIpc) is 2.73. The summed E-state index contributed by atoms with van der Waals surface area (Å²) in [6.07, 6.45) is 5.43. The normalized spacial score (nSPS) is 23.2. The number of aromatic nitrogens is 1. The molecule has 3 rings (SSSR count). The van der Waals surface area contributed by atoms with E-state index in [0.29, 0.717) is 5.92 Å². The maximum absolute atomic E-state index is 5.58. The molecule has 2 saturated heterocycles. The third-order valence-electron chi connectivity index (χ3n) is 3.54. The van der Waals surface area contributed by atoms with Crippen LogP contribution in [0.1, 0.15) is 30.3 Å². The van der Waals surface area contributed by atoms with Crippen molar-refractivity contribution in [3.05, 3.63) is 17.8 Å². The first-order valence-corrected chi connectivity index (χ1v) is 7.30. The molecule has 3 nitrogen and oxygen atoms in total. The minimum absolute atomic E-state index is 0.651. The van der Waals surface area contributed by atoms with E-state index in [2.05, 4.69) is 22.1 Å². The summed E-state index contributed by atoms with van der Waals surface area (Å²) in [6.45, 7) is 2.25. The summed E-state index contributed by atoms with van der Waals surface area (Å²) in [5, 5.41) is 3.28. The Balaban J connectivity index is 1.61. The van der Waals surface area contributed by atoms with Crippen LogP contribution in [-0.4, -0.2) is 29.6 Å². The minimum atomic E-state index is 0.651. The van der Waals surface area contributed by atoms with Crippen LogP contribution in [0.2, 0.25) is 0 Å². The SMILES string of the molecule is c1oc(CC2CNC2)nc1C1CCSCC1. The summed E-state index contributed by atoms with van der Waals surface area (Å²) in [6, 6.07) is 0. The number of nitrogens with zero attached hydrogens (tertiary/aromatic N) is 1. The summed E-state index contributed by atoms with van der Waals surface area (Å²) in [5.41, 5.74) is 1.20. The average molecular weight is 238 g/mol. The monoisotopic (exact) mass is 238 g/mol. The van der Waals surface area contributed by atoms with Crippen LogP contribution in [0.3, 0.4) is 0 Å². The van der Waals surface area contributed by atoms with E-state index < -0.39 is 0 Å². The van der Waals surface area contributed by atoms with Crippen LogP contribution in [0.25, 0.3) is 0 Å². The molecule has 0 atom stereocenters. The molecule has 2 aliphatic rings. The van der Waals surface area contributed by atoms with Crippen LogP contribution in [-0.2, 0) is 6.42 Å². The molecule has 0 saturated carbocycles. The molecule has 1 aromatic rings. The number of hydrogen-bond donors (Lipinski definition) is 1. The molecule has 0 radical (unpaired) electrons. The van der Waals surface area contributed by atoms with Crippen molar-refractivity contribution in [3.8, 4) is 0 Å². The van der Waals surface area contributed by atoms with Crippen LogP contribution < -0.4 is 5.32 Å². The lowest BCUT2D eigenvalue weighted by molar-refractivity contribution is 0.318. The molecule has 0 spiro atoms. The Bertz CT molecular complexity index is 343. The number of nitrogens with one attached hydrogen (secondary N) is 1. The first-order valence-electron chi connectivity index (χ1n) is 6.14. The Morgan fingerprint density at radius 3 is 2.88 bits per heavy atom. The van der Waals surface area contributed by atoms with E-state index in [9.17, 15) is 0 Å². The Morgan fingerprint density at radius 2 is 2.19 bits per heavy atom. The van der Waals surface area contributed by atoms with Gasteiger partial charge in [-0.2, -0.15) is 11.8 Å². The van der Waals surface area contributed by atoms with E-state index in [1.165, 1.54) is 30.0 Å². The zero-order valence-electron chi connectivity index (χ0n) is 9.45. The van der Waals surface area contributed by atoms with Crippen LogP contribution in [0.4, 0.5) is 0 Å². The number of rotatable bonds is 3. The first-order chi connectivity index (χ1) is 7.92. The molecule has 88 valence electrons. The lowest BCUT2D eigenvalue weighted by atomic mass is 9.99. The molecule has 0 aromatic carbocycles. The van der Waals surface area contributed by atoms with Gasteiger partial charge in [0.05, 0.1) is 5.69 Å². The highest BCUT2D eigenvalue weighted by molar-refractivity contribution is 7.99. The highest BCUT2D eigenvalue weighted by Gasteiger charge is 2.22. The molecule has 2 fully saturated rings. The van der Waals surface area contributed by atoms with Crippen molar-refractivity contribution in [2.24, 2.45) is 5.92 Å². The van der Waals surface area contributed by atoms with E-state index in [-0.39, 0.29) is 0 Å². The zero-order valence-corrected chi connectivity index (χ0v) is 10.3. The van der Waals surface area contributed by atoms with Crippen molar-refractivity contribution in [3.63, 3.8) is 0 Å². The molecule has 1 N–H and O–H groups in total. The van der Waals surface area contributed by atoms with Crippen molar-refractivity contribution < 1.29 is 4.42 Å². The first kappa shape index (κ1) is 10.7. The predicted molar refractivity (Wildman–Crippen MR) is 65.9 cm³/mol. The second-order valence-electron chi connectivity index (χ2n) is 4.78. The van der Waals surface area contributed by atoms with E-state index >= 15 is 0 Å². The second kappa shape index (κ2) is 4.80. The molecule has 0 amide bonds. The smallest absolute Gasteiger partial charge is 0.194 e. The second-order valence-corrected chi connectivity index (χ2v) is 6.01. The van der Waals surface area contributed by atoms with Crippen molar-refractivity contribution >= 4 is 11.8 Å². The van der Waals surface area contributed by atoms with Crippen LogP contribution in [0.15, 0.2) is 10.7 Å². The van der Waals surface area contributed by atoms with Gasteiger partial charge in [-0.25, -0.2) is 4.98 Å². The van der Waals surface area contributed by atoms with E-state index in [1.54, 1.807) is 0 Å². The topological polar surface area (TPSA) is 38.1 Å². The molecule has 3 heterocycles. The number of thioether (sulfide) groups is 1. The van der Waals surface area contributed by atoms with Crippen LogP contribution >= 0.6 is 11.8 Å². The van der Waals surface area contributed by atoms with Crippen molar-refractivity contribution in [2.75, 3.05) is 24.6 Å². The Labute approximate surface area is 100 Å². The van der Waals surface area contributed by atoms with Gasteiger partial charge in [0.2, 0.25) is 0 Å². The number of oxazole rings is 1. The number of hydrogen-bond acceptors (Lipinski definition) is 4. The van der Waals surface area contributed by atoms with Crippen molar-refractivity contribution in [2.45, 2.75) is 25.2 Å². The molecule has 2 aliphatic heterocycles. The fourth-order valence-electron chi connectivity index (χ4n) is 2.34. The quantitative estimate of drug-likeness (QED) is 0.874. The fourth-order valence-corrected chi connectivity index (χ4v) is 3.45. The largest absolute Gasteiger partial charge is 0.449 e. The zero-order chi connectivity index (χ0) is 10.8. The molecule has 16 heavy (non-hydrogen) atoms. The Morgan fingerprint density at radius 1 is 1.38 bits per heavy atom. The summed E-state index contributed by atoms with van der Waals surface area (Å²) in [5.74, 6) is 4.89. The van der Waals surface area contributed by atoms with Gasteiger partial charge < -0.3 is 9.73 Å². The van der Waals surface area contributed by atoms with Gasteiger partial charge in [-0.1, -0.05) is 0 Å². The summed E-state index contributed by atoms with van der Waals surface area (Å²) >= 11 is 2.06. The molecular formula is C12H18N2OS. The maximum Gasteiger partial charge on any atom is 0.194 e. The fraction of sp³-hybridized carbons (Fsp3) is 0.750. The van der Waals surface area contributed by atoms with Crippen molar-refractivity contribution in [1.29, 1.82) is 0 Å². The molecule has 0 unspecified atom stereocenters. The van der Waals surface area contributed by atoms with Gasteiger partial charge in [0.1, 0.15) is 6.26 Å². The van der Waals surface area contributed by atoms with Gasteiger partial charge in [-0.05, 0) is 43.4 Å². The lowest BCUT2D eigenvalue weighted by Gasteiger charge is -2.25. The third kappa shape index (κ3) is 2.28. The maximum atomic E-state index is 5.58. The van der Waals surface area contributed by atoms with Crippen LogP contribution in [0.5, 0.6) is 0 Å². The molecule has 4 heteroatoms. The van der Waals surface area contributed by atoms with Gasteiger partial charge in [-0.15, -0.1) is 0 Å². The van der Waals surface area contributed by atoms with Crippen LogP contribution in [0, 0.1) is 5.92 Å². The standard InChI is InChI=1S/C12H18N2OS/c1-3-16-4-2-10(1)11-8-15-12(14-11)5-9-6-13-7-9/h8-10,13H,1-7H2. The predicted octanol–water partition coefficient (Wildman–Crippen LogP) is 2.05. The summed E-state index contributed by atoms with van der Waals surface area (Å²) in [7, 11) is 0. The summed E-state index contributed by atoms with van der Waals surface area (Å²) < 4.78 is 5.58. The van der Waals surface area contributed by atoms with Crippen molar-refractivity contribution in [1.82, 2.24) is 10.3 Å². The molecule has 1 aromatic heterocycles. The van der Waals surface area contributed by atoms with E-state index in [0.717, 1.165) is 31.3 Å². The third-order valence-corrected chi connectivity index (χ3v) is 4.59. The van der Waals surface area contributed by atoms with E-state index in [4.69, 9.17) is 4.42 Å². The molecular weight excluding hydrogens is 220 g/mol. The minimum Gasteiger partial charge on any atom is -0.449 e. The van der Waals surface area contributed by atoms with Gasteiger partial charge in [-0.3, -0.25) is 0 Å². The lowest BCUT2D eigenvalue weighted by Crippen LogP contribution is -2.43. The van der Waals surface area contributed by atoms with Gasteiger partial charge in [0, 0.05) is 12.3 Å². The Kier molecular flexibility index (Phi) is 3.20. The van der Waals surface area contributed by atoms with E-state index in [1.807, 2.05) is 6.26 Å². The Hall–Kier alpha value is -0.480. The van der Waals surface area contributed by atoms with Gasteiger partial charge in [0.15, 0.2) is 5.89 Å². The highest BCUT2D eigenvalue weighted by atomic mass is 32.2. The van der Waals surface area contributed by atoms with Gasteiger partial charge >= 0.3 is 0 Å².